The zero-order chi connectivity index (χ0) is 10.1. The lowest BCUT2D eigenvalue weighted by molar-refractivity contribution is 0.750. The number of nitrogens with two attached hydrogens (primary N) is 1. The Morgan fingerprint density at radius 1 is 1.57 bits per heavy atom. The van der Waals surface area contributed by atoms with Gasteiger partial charge in [0.2, 0.25) is 0 Å². The van der Waals surface area contributed by atoms with Crippen molar-refractivity contribution in [2.45, 2.75) is 6.54 Å². The van der Waals surface area contributed by atoms with E-state index in [1.54, 1.807) is 16.0 Å². The minimum Gasteiger partial charge on any atom is -0.324 e. The van der Waals surface area contributed by atoms with Crippen LogP contribution in [-0.2, 0) is 13.6 Å². The van der Waals surface area contributed by atoms with Crippen molar-refractivity contribution in [1.82, 2.24) is 14.8 Å². The molecule has 0 radical (unpaired) electrons. The van der Waals surface area contributed by atoms with Crippen molar-refractivity contribution in [3.05, 3.63) is 21.7 Å². The van der Waals surface area contributed by atoms with Gasteiger partial charge in [-0.1, -0.05) is 0 Å². The summed E-state index contributed by atoms with van der Waals surface area (Å²) in [5.41, 5.74) is 5.47. The Balaban J connectivity index is 2.45. The van der Waals surface area contributed by atoms with Crippen LogP contribution in [0.1, 0.15) is 5.82 Å². The van der Waals surface area contributed by atoms with Crippen LogP contribution in [0.2, 0.25) is 0 Å². The van der Waals surface area contributed by atoms with Crippen LogP contribution in [0, 0.1) is 0 Å². The molecule has 0 saturated heterocycles. The van der Waals surface area contributed by atoms with Gasteiger partial charge in [-0.25, -0.2) is 9.67 Å². The fraction of sp³-hybridized carbons (Fsp3) is 0.250. The third-order valence-corrected chi connectivity index (χ3v) is 3.40. The third kappa shape index (κ3) is 1.73. The Labute approximate surface area is 93.9 Å². The van der Waals surface area contributed by atoms with Crippen molar-refractivity contribution in [3.63, 3.8) is 0 Å². The fourth-order valence-electron chi connectivity index (χ4n) is 1.17. The Hall–Kier alpha value is -0.720. The highest BCUT2D eigenvalue weighted by Gasteiger charge is 2.09. The van der Waals surface area contributed by atoms with Gasteiger partial charge in [0.1, 0.15) is 0 Å². The van der Waals surface area contributed by atoms with Crippen molar-refractivity contribution >= 4 is 27.3 Å². The average Bonchev–Trinajstić information content (AvgIpc) is 2.71. The molecule has 2 heterocycles. The van der Waals surface area contributed by atoms with E-state index in [4.69, 9.17) is 5.73 Å². The predicted molar refractivity (Wildman–Crippen MR) is 59.9 cm³/mol. The van der Waals surface area contributed by atoms with Crippen molar-refractivity contribution in [1.29, 1.82) is 0 Å². The number of nitrogens with zero attached hydrogens (tertiary/aromatic N) is 3. The van der Waals surface area contributed by atoms with Crippen LogP contribution in [0.25, 0.3) is 10.7 Å². The molecule has 0 spiro atoms. The molecule has 0 atom stereocenters. The second-order valence-electron chi connectivity index (χ2n) is 2.78. The van der Waals surface area contributed by atoms with Gasteiger partial charge < -0.3 is 5.73 Å². The van der Waals surface area contributed by atoms with Crippen LogP contribution < -0.4 is 5.73 Å². The van der Waals surface area contributed by atoms with Crippen molar-refractivity contribution in [2.24, 2.45) is 12.8 Å². The number of aromatic nitrogens is 3. The zero-order valence-electron chi connectivity index (χ0n) is 7.57. The average molecular weight is 273 g/mol. The van der Waals surface area contributed by atoms with Gasteiger partial charge in [0.15, 0.2) is 11.6 Å². The van der Waals surface area contributed by atoms with Gasteiger partial charge in [-0.3, -0.25) is 0 Å². The van der Waals surface area contributed by atoms with E-state index in [9.17, 15) is 0 Å². The molecule has 0 aromatic carbocycles. The largest absolute Gasteiger partial charge is 0.324 e. The van der Waals surface area contributed by atoms with Gasteiger partial charge in [-0.15, -0.1) is 11.3 Å². The Morgan fingerprint density at radius 3 is 2.86 bits per heavy atom. The van der Waals surface area contributed by atoms with Gasteiger partial charge in [0.05, 0.1) is 15.2 Å². The highest BCUT2D eigenvalue weighted by atomic mass is 79.9. The molecular weight excluding hydrogens is 264 g/mol. The summed E-state index contributed by atoms with van der Waals surface area (Å²) >= 11 is 5.05. The van der Waals surface area contributed by atoms with E-state index < -0.39 is 0 Å². The molecule has 2 N–H and O–H groups in total. The van der Waals surface area contributed by atoms with E-state index in [0.29, 0.717) is 12.4 Å². The highest BCUT2D eigenvalue weighted by Crippen LogP contribution is 2.29. The standard InChI is InChI=1S/C8H9BrN4S/c1-13-8(11-7(4-10)12-13)5-2-3-6(9)14-5/h2-3H,4,10H2,1H3. The first kappa shape index (κ1) is 9.82. The van der Waals surface area contributed by atoms with E-state index in [1.165, 1.54) is 0 Å². The zero-order valence-corrected chi connectivity index (χ0v) is 9.97. The Morgan fingerprint density at radius 2 is 2.36 bits per heavy atom. The molecule has 6 heteroatoms. The number of hydrogen-bond acceptors (Lipinski definition) is 4. The normalized spacial score (nSPS) is 10.8. The van der Waals surface area contributed by atoms with E-state index >= 15 is 0 Å². The summed E-state index contributed by atoms with van der Waals surface area (Å²) in [5, 5.41) is 4.19. The van der Waals surface area contributed by atoms with Crippen LogP contribution in [0.5, 0.6) is 0 Å². The van der Waals surface area contributed by atoms with Crippen LogP contribution in [0.3, 0.4) is 0 Å². The lowest BCUT2D eigenvalue weighted by Gasteiger charge is -1.93. The molecule has 4 nitrogen and oxygen atoms in total. The summed E-state index contributed by atoms with van der Waals surface area (Å²) in [4.78, 5) is 5.42. The highest BCUT2D eigenvalue weighted by molar-refractivity contribution is 9.11. The van der Waals surface area contributed by atoms with Crippen LogP contribution in [-0.4, -0.2) is 14.8 Å². The van der Waals surface area contributed by atoms with Crippen molar-refractivity contribution in [2.75, 3.05) is 0 Å². The number of rotatable bonds is 2. The molecule has 0 aliphatic rings. The number of hydrogen-bond donors (Lipinski definition) is 1. The van der Waals surface area contributed by atoms with Crippen LogP contribution in [0.15, 0.2) is 15.9 Å². The molecule has 0 bridgehead atoms. The minimum atomic E-state index is 0.375. The molecule has 14 heavy (non-hydrogen) atoms. The summed E-state index contributed by atoms with van der Waals surface area (Å²) in [6.45, 7) is 0.375. The molecular formula is C8H9BrN4S. The number of aryl methyl sites for hydroxylation is 1. The van der Waals surface area contributed by atoms with E-state index in [-0.39, 0.29) is 0 Å². The van der Waals surface area contributed by atoms with Gasteiger partial charge in [0.25, 0.3) is 0 Å². The maximum Gasteiger partial charge on any atom is 0.168 e. The molecule has 0 saturated carbocycles. The lowest BCUT2D eigenvalue weighted by Crippen LogP contribution is -1.99. The monoisotopic (exact) mass is 272 g/mol. The molecule has 74 valence electrons. The first-order valence-electron chi connectivity index (χ1n) is 4.06. The summed E-state index contributed by atoms with van der Waals surface area (Å²) in [6, 6.07) is 4.01. The maximum absolute atomic E-state index is 5.47. The quantitative estimate of drug-likeness (QED) is 0.907. The van der Waals surface area contributed by atoms with Gasteiger partial charge in [0, 0.05) is 7.05 Å². The lowest BCUT2D eigenvalue weighted by atomic mass is 10.4. The van der Waals surface area contributed by atoms with Gasteiger partial charge >= 0.3 is 0 Å². The molecule has 2 aromatic rings. The van der Waals surface area contributed by atoms with Gasteiger partial charge in [-0.05, 0) is 28.1 Å². The van der Waals surface area contributed by atoms with E-state index in [1.807, 2.05) is 19.2 Å². The second kappa shape index (κ2) is 3.80. The second-order valence-corrected chi connectivity index (χ2v) is 5.25. The molecule has 0 fully saturated rings. The van der Waals surface area contributed by atoms with Crippen LogP contribution in [0.4, 0.5) is 0 Å². The van der Waals surface area contributed by atoms with Gasteiger partial charge in [-0.2, -0.15) is 5.10 Å². The molecule has 0 amide bonds. The Bertz CT molecular complexity index is 448. The summed E-state index contributed by atoms with van der Waals surface area (Å²) < 4.78 is 2.84. The predicted octanol–water partition coefficient (Wildman–Crippen LogP) is 1.76. The van der Waals surface area contributed by atoms with Crippen LogP contribution >= 0.6 is 27.3 Å². The van der Waals surface area contributed by atoms with E-state index in [0.717, 1.165) is 14.5 Å². The first-order valence-corrected chi connectivity index (χ1v) is 5.67. The fourth-order valence-corrected chi connectivity index (χ4v) is 2.58. The maximum atomic E-state index is 5.47. The summed E-state index contributed by atoms with van der Waals surface area (Å²) in [5.74, 6) is 1.54. The smallest absolute Gasteiger partial charge is 0.168 e. The number of thiophene rings is 1. The van der Waals surface area contributed by atoms with Crippen molar-refractivity contribution in [3.8, 4) is 10.7 Å². The molecule has 2 aromatic heterocycles. The SMILES string of the molecule is Cn1nc(CN)nc1-c1ccc(Br)s1. The molecule has 0 unspecified atom stereocenters. The Kier molecular flexibility index (Phi) is 2.66. The third-order valence-electron chi connectivity index (χ3n) is 1.78. The summed E-state index contributed by atoms with van der Waals surface area (Å²) in [7, 11) is 1.87. The van der Waals surface area contributed by atoms with E-state index in [2.05, 4.69) is 26.0 Å². The topological polar surface area (TPSA) is 56.7 Å². The number of halogens is 1. The summed E-state index contributed by atoms with van der Waals surface area (Å²) in [6.07, 6.45) is 0. The minimum absolute atomic E-state index is 0.375. The first-order chi connectivity index (χ1) is 6.70. The van der Waals surface area contributed by atoms with Crippen molar-refractivity contribution < 1.29 is 0 Å². The molecule has 0 aliphatic heterocycles. The molecule has 0 aliphatic carbocycles. The molecule has 2 rings (SSSR count).